The summed E-state index contributed by atoms with van der Waals surface area (Å²) in [4.78, 5) is 26.8. The van der Waals surface area contributed by atoms with Crippen LogP contribution in [0.15, 0.2) is 36.5 Å². The molecule has 0 unspecified atom stereocenters. The minimum Gasteiger partial charge on any atom is -0.332 e. The monoisotopic (exact) mass is 350 g/mol. The molecule has 0 saturated carbocycles. The van der Waals surface area contributed by atoms with Crippen molar-refractivity contribution in [3.05, 3.63) is 59.2 Å². The van der Waals surface area contributed by atoms with Crippen molar-refractivity contribution in [2.45, 2.75) is 44.7 Å². The molecule has 136 valence electrons. The van der Waals surface area contributed by atoms with Crippen LogP contribution in [0.2, 0.25) is 0 Å². The van der Waals surface area contributed by atoms with E-state index in [1.807, 2.05) is 41.4 Å². The molecular formula is C21H26N4O. The Morgan fingerprint density at radius 3 is 2.88 bits per heavy atom. The first-order valence-corrected chi connectivity index (χ1v) is 9.57. The van der Waals surface area contributed by atoms with Crippen LogP contribution in [0.3, 0.4) is 0 Å². The molecule has 1 aromatic heterocycles. The van der Waals surface area contributed by atoms with Gasteiger partial charge in [-0.2, -0.15) is 0 Å². The number of likely N-dealkylation sites (tertiary alicyclic amines) is 1. The van der Waals surface area contributed by atoms with Crippen molar-refractivity contribution in [3.8, 4) is 0 Å². The van der Waals surface area contributed by atoms with Crippen molar-refractivity contribution in [1.82, 2.24) is 19.8 Å². The third-order valence-corrected chi connectivity index (χ3v) is 5.46. The molecule has 0 bridgehead atoms. The molecule has 2 aliphatic rings. The molecule has 0 radical (unpaired) electrons. The highest BCUT2D eigenvalue weighted by Gasteiger charge is 2.30. The second-order valence-corrected chi connectivity index (χ2v) is 7.45. The molecule has 0 N–H and O–H groups in total. The van der Waals surface area contributed by atoms with E-state index in [1.165, 1.54) is 5.56 Å². The fourth-order valence-corrected chi connectivity index (χ4v) is 4.00. The number of benzene rings is 1. The number of piperidine rings is 1. The molecule has 1 aromatic carbocycles. The van der Waals surface area contributed by atoms with Crippen LogP contribution in [0.1, 0.15) is 47.9 Å². The van der Waals surface area contributed by atoms with E-state index < -0.39 is 0 Å². The lowest BCUT2D eigenvalue weighted by Crippen LogP contribution is -2.40. The van der Waals surface area contributed by atoms with Crippen LogP contribution in [0.25, 0.3) is 0 Å². The van der Waals surface area contributed by atoms with Gasteiger partial charge in [-0.05, 0) is 31.9 Å². The Hall–Kier alpha value is -2.27. The van der Waals surface area contributed by atoms with E-state index in [9.17, 15) is 4.79 Å². The molecule has 0 spiro atoms. The fourth-order valence-electron chi connectivity index (χ4n) is 4.00. The van der Waals surface area contributed by atoms with E-state index in [2.05, 4.69) is 16.9 Å². The van der Waals surface area contributed by atoms with Gasteiger partial charge in [-0.1, -0.05) is 30.3 Å². The molecule has 1 saturated heterocycles. The molecule has 4 rings (SSSR count). The van der Waals surface area contributed by atoms with Gasteiger partial charge in [-0.15, -0.1) is 0 Å². The highest BCUT2D eigenvalue weighted by Crippen LogP contribution is 2.30. The molecule has 2 aliphatic heterocycles. The zero-order valence-corrected chi connectivity index (χ0v) is 15.4. The second kappa shape index (κ2) is 7.54. The van der Waals surface area contributed by atoms with Gasteiger partial charge in [-0.3, -0.25) is 4.79 Å². The van der Waals surface area contributed by atoms with Gasteiger partial charge < -0.3 is 9.80 Å². The van der Waals surface area contributed by atoms with Crippen molar-refractivity contribution >= 4 is 5.91 Å². The summed E-state index contributed by atoms with van der Waals surface area (Å²) in [5.74, 6) is 1.01. The number of fused-ring (bicyclic) bond motifs is 1. The Morgan fingerprint density at radius 2 is 2.04 bits per heavy atom. The van der Waals surface area contributed by atoms with Gasteiger partial charge in [0, 0.05) is 43.5 Å². The number of carbonyl (C=O) groups is 1. The number of nitrogens with zero attached hydrogens (tertiary/aromatic N) is 4. The Balaban J connectivity index is 1.55. The van der Waals surface area contributed by atoms with Crippen molar-refractivity contribution in [2.75, 3.05) is 20.1 Å². The second-order valence-electron chi connectivity index (χ2n) is 7.45. The van der Waals surface area contributed by atoms with E-state index in [1.54, 1.807) is 0 Å². The van der Waals surface area contributed by atoms with Crippen LogP contribution in [-0.2, 0) is 24.2 Å². The molecule has 1 atom stereocenters. The highest BCUT2D eigenvalue weighted by molar-refractivity contribution is 5.79. The lowest BCUT2D eigenvalue weighted by atomic mass is 9.99. The average molecular weight is 350 g/mol. The van der Waals surface area contributed by atoms with Gasteiger partial charge in [0.05, 0.1) is 12.5 Å². The summed E-state index contributed by atoms with van der Waals surface area (Å²) in [7, 11) is 2.13. The average Bonchev–Trinajstić information content (AvgIpc) is 2.68. The van der Waals surface area contributed by atoms with Crippen molar-refractivity contribution in [1.29, 1.82) is 0 Å². The molecular weight excluding hydrogens is 324 g/mol. The van der Waals surface area contributed by atoms with Crippen molar-refractivity contribution < 1.29 is 4.79 Å². The summed E-state index contributed by atoms with van der Waals surface area (Å²) in [6.07, 6.45) is 6.54. The van der Waals surface area contributed by atoms with Gasteiger partial charge >= 0.3 is 0 Å². The highest BCUT2D eigenvalue weighted by atomic mass is 16.2. The first-order chi connectivity index (χ1) is 12.7. The van der Waals surface area contributed by atoms with Crippen LogP contribution in [0, 0.1) is 0 Å². The molecule has 26 heavy (non-hydrogen) atoms. The third kappa shape index (κ3) is 3.63. The first kappa shape index (κ1) is 17.2. The number of hydrogen-bond acceptors (Lipinski definition) is 4. The molecule has 5 heteroatoms. The molecule has 5 nitrogen and oxygen atoms in total. The van der Waals surface area contributed by atoms with Gasteiger partial charge in [0.1, 0.15) is 0 Å². The lowest BCUT2D eigenvalue weighted by molar-refractivity contribution is -0.134. The smallest absolute Gasteiger partial charge is 0.227 e. The zero-order chi connectivity index (χ0) is 17.9. The van der Waals surface area contributed by atoms with Gasteiger partial charge in [0.15, 0.2) is 5.82 Å². The van der Waals surface area contributed by atoms with Crippen LogP contribution >= 0.6 is 0 Å². The summed E-state index contributed by atoms with van der Waals surface area (Å²) < 4.78 is 0. The van der Waals surface area contributed by atoms with Crippen molar-refractivity contribution in [2.24, 2.45) is 0 Å². The lowest BCUT2D eigenvalue weighted by Gasteiger charge is -2.35. The maximum Gasteiger partial charge on any atom is 0.227 e. The molecule has 0 aliphatic carbocycles. The maximum atomic E-state index is 12.9. The number of hydrogen-bond donors (Lipinski definition) is 0. The number of aromatic nitrogens is 2. The normalized spacial score (nSPS) is 20.7. The SMILES string of the molecule is CN1CCc2nc([C@H]3CCCCN3C(=O)Cc3ccccc3)ncc2C1. The summed E-state index contributed by atoms with van der Waals surface area (Å²) in [5.41, 5.74) is 3.45. The van der Waals surface area contributed by atoms with Gasteiger partial charge in [0.25, 0.3) is 0 Å². The topological polar surface area (TPSA) is 49.3 Å². The van der Waals surface area contributed by atoms with Crippen LogP contribution in [0.5, 0.6) is 0 Å². The molecule has 1 amide bonds. The van der Waals surface area contributed by atoms with E-state index in [0.717, 1.165) is 62.4 Å². The van der Waals surface area contributed by atoms with E-state index in [0.29, 0.717) is 6.42 Å². The number of likely N-dealkylation sites (N-methyl/N-ethyl adjacent to an activating group) is 1. The Labute approximate surface area is 155 Å². The summed E-state index contributed by atoms with van der Waals surface area (Å²) in [5, 5.41) is 0. The number of amides is 1. The standard InChI is InChI=1S/C21H26N4O/c1-24-12-10-18-17(15-24)14-22-21(23-18)19-9-5-6-11-25(19)20(26)13-16-7-3-2-4-8-16/h2-4,7-8,14,19H,5-6,9-13,15H2,1H3/t19-/m1/s1. The van der Waals surface area contributed by atoms with Crippen LogP contribution < -0.4 is 0 Å². The quantitative estimate of drug-likeness (QED) is 0.854. The summed E-state index contributed by atoms with van der Waals surface area (Å²) in [6.45, 7) is 2.75. The van der Waals surface area contributed by atoms with Gasteiger partial charge in [-0.25, -0.2) is 9.97 Å². The van der Waals surface area contributed by atoms with E-state index in [-0.39, 0.29) is 11.9 Å². The molecule has 3 heterocycles. The first-order valence-electron chi connectivity index (χ1n) is 9.57. The Bertz CT molecular complexity index is 777. The maximum absolute atomic E-state index is 12.9. The summed E-state index contributed by atoms with van der Waals surface area (Å²) >= 11 is 0. The minimum absolute atomic E-state index is 0.0184. The number of rotatable bonds is 3. The molecule has 1 fully saturated rings. The fraction of sp³-hybridized carbons (Fsp3) is 0.476. The largest absolute Gasteiger partial charge is 0.332 e. The number of carbonyl (C=O) groups excluding carboxylic acids is 1. The molecule has 2 aromatic rings. The summed E-state index contributed by atoms with van der Waals surface area (Å²) in [6, 6.07) is 10.0. The minimum atomic E-state index is 0.0184. The van der Waals surface area contributed by atoms with E-state index >= 15 is 0 Å². The van der Waals surface area contributed by atoms with Gasteiger partial charge in [0.2, 0.25) is 5.91 Å². The predicted octanol–water partition coefficient (Wildman–Crippen LogP) is 2.76. The van der Waals surface area contributed by atoms with Crippen molar-refractivity contribution in [3.63, 3.8) is 0 Å². The Kier molecular flexibility index (Phi) is 4.98. The predicted molar refractivity (Wildman–Crippen MR) is 101 cm³/mol. The Morgan fingerprint density at radius 1 is 1.19 bits per heavy atom. The van der Waals surface area contributed by atoms with E-state index in [4.69, 9.17) is 4.98 Å². The van der Waals surface area contributed by atoms with Crippen LogP contribution in [0.4, 0.5) is 0 Å². The third-order valence-electron chi connectivity index (χ3n) is 5.46. The zero-order valence-electron chi connectivity index (χ0n) is 15.4. The van der Waals surface area contributed by atoms with Crippen LogP contribution in [-0.4, -0.2) is 45.8 Å².